The minimum atomic E-state index is -0.522. The van der Waals surface area contributed by atoms with Crippen LogP contribution in [0.5, 0.6) is 0 Å². The van der Waals surface area contributed by atoms with Crippen LogP contribution in [0.4, 0.5) is 4.39 Å². The van der Waals surface area contributed by atoms with Crippen LogP contribution in [0.25, 0.3) is 27.7 Å². The number of rotatable bonds is 7. The molecule has 0 saturated carbocycles. The first kappa shape index (κ1) is 26.0. The third kappa shape index (κ3) is 4.29. The van der Waals surface area contributed by atoms with Crippen molar-refractivity contribution >= 4 is 28.9 Å². The molecule has 1 saturated heterocycles. The van der Waals surface area contributed by atoms with Gasteiger partial charge >= 0.3 is 0 Å². The molecule has 3 aromatic carbocycles. The Kier molecular flexibility index (Phi) is 6.30. The van der Waals surface area contributed by atoms with Crippen molar-refractivity contribution in [2.24, 2.45) is 4.99 Å². The fourth-order valence-corrected chi connectivity index (χ4v) is 5.85. The third-order valence-electron chi connectivity index (χ3n) is 7.83. The summed E-state index contributed by atoms with van der Waals surface area (Å²) in [6.07, 6.45) is 1.90. The van der Waals surface area contributed by atoms with Crippen molar-refractivity contribution in [3.8, 4) is 16.8 Å². The smallest absolute Gasteiger partial charge is 0.251 e. The van der Waals surface area contributed by atoms with Crippen LogP contribution in [0.15, 0.2) is 65.7 Å². The second kappa shape index (κ2) is 9.71. The number of fused-ring (bicyclic) bond motifs is 2. The Morgan fingerprint density at radius 3 is 2.52 bits per heavy atom. The normalized spacial score (nSPS) is 18.0. The Hall–Kier alpha value is -4.30. The quantitative estimate of drug-likeness (QED) is 0.328. The fraction of sp³-hybridized carbons (Fsp3) is 0.281. The molecule has 0 spiro atoms. The van der Waals surface area contributed by atoms with E-state index in [1.54, 1.807) is 31.4 Å². The number of nitrogens with zero attached hydrogens (tertiary/aromatic N) is 2. The molecule has 0 radical (unpaired) electrons. The fourth-order valence-electron chi connectivity index (χ4n) is 5.85. The van der Waals surface area contributed by atoms with Gasteiger partial charge in [-0.05, 0) is 72.1 Å². The minimum absolute atomic E-state index is 0.0930. The highest BCUT2D eigenvalue weighted by atomic mass is 19.1. The molecule has 6 rings (SSSR count). The Bertz CT molecular complexity index is 1670. The number of hydrogen-bond donors (Lipinski definition) is 2. The average Bonchev–Trinajstić information content (AvgIpc) is 3.53. The van der Waals surface area contributed by atoms with Crippen molar-refractivity contribution in [3.63, 3.8) is 0 Å². The lowest BCUT2D eigenvalue weighted by Crippen LogP contribution is -2.67. The molecule has 204 valence electrons. The lowest BCUT2D eigenvalue weighted by atomic mass is 9.84. The van der Waals surface area contributed by atoms with Crippen LogP contribution >= 0.6 is 0 Å². The number of carbonyl (C=O) groups excluding carboxylic acids is 2. The second-order valence-corrected chi connectivity index (χ2v) is 11.2. The molecular formula is C32H31FN4O3. The van der Waals surface area contributed by atoms with E-state index in [1.165, 1.54) is 12.1 Å². The first-order valence-corrected chi connectivity index (χ1v) is 13.4. The van der Waals surface area contributed by atoms with Gasteiger partial charge in [0, 0.05) is 46.6 Å². The van der Waals surface area contributed by atoms with Crippen molar-refractivity contribution in [2.75, 3.05) is 13.7 Å². The maximum absolute atomic E-state index is 14.0. The molecule has 2 N–H and O–H groups in total. The molecule has 4 aromatic rings. The first-order chi connectivity index (χ1) is 19.2. The summed E-state index contributed by atoms with van der Waals surface area (Å²) < 4.78 is 21.8. The molecule has 3 heterocycles. The van der Waals surface area contributed by atoms with Gasteiger partial charge in [-0.3, -0.25) is 14.6 Å². The Labute approximate surface area is 232 Å². The molecule has 7 nitrogen and oxygen atoms in total. The standard InChI is InChI=1S/C32H31FN4O3/c1-18-28(31(39)35-18)36-30(38)20-7-5-19(6-8-20)27-25-13-21-15-34-16-22(21)14-26(25)37(24-11-9-23(33)10-12-24)29(27)32(2,3)17-40-4/h5-14,16,18,28H,15,17H2,1-4H3,(H,35,39)(H,36,38)/t18-,28-/m0/s1. The number of β-lactam (4-membered cyclic amide) rings is 1. The Morgan fingerprint density at radius 1 is 1.15 bits per heavy atom. The molecule has 0 unspecified atom stereocenters. The van der Waals surface area contributed by atoms with Gasteiger partial charge in [-0.15, -0.1) is 0 Å². The number of aromatic nitrogens is 1. The number of hydrogen-bond acceptors (Lipinski definition) is 4. The largest absolute Gasteiger partial charge is 0.384 e. The zero-order valence-corrected chi connectivity index (χ0v) is 22.9. The molecule has 1 aromatic heterocycles. The number of amides is 2. The lowest BCUT2D eigenvalue weighted by Gasteiger charge is -2.34. The highest BCUT2D eigenvalue weighted by Crippen LogP contribution is 2.44. The maximum atomic E-state index is 14.0. The highest BCUT2D eigenvalue weighted by molar-refractivity contribution is 6.04. The molecule has 8 heteroatoms. The predicted molar refractivity (Wildman–Crippen MR) is 154 cm³/mol. The van der Waals surface area contributed by atoms with E-state index in [4.69, 9.17) is 4.74 Å². The lowest BCUT2D eigenvalue weighted by molar-refractivity contribution is -0.130. The molecule has 1 fully saturated rings. The van der Waals surface area contributed by atoms with Gasteiger partial charge in [0.15, 0.2) is 0 Å². The summed E-state index contributed by atoms with van der Waals surface area (Å²) in [5.74, 6) is -0.761. The summed E-state index contributed by atoms with van der Waals surface area (Å²) in [6, 6.07) is 17.7. The van der Waals surface area contributed by atoms with Crippen LogP contribution in [0, 0.1) is 5.82 Å². The summed E-state index contributed by atoms with van der Waals surface area (Å²) in [5.41, 5.74) is 7.07. The van der Waals surface area contributed by atoms with Crippen LogP contribution in [0.3, 0.4) is 0 Å². The third-order valence-corrected chi connectivity index (χ3v) is 7.83. The first-order valence-electron chi connectivity index (χ1n) is 13.4. The van der Waals surface area contributed by atoms with Crippen molar-refractivity contribution in [3.05, 3.63) is 88.9 Å². The zero-order chi connectivity index (χ0) is 28.2. The summed E-state index contributed by atoms with van der Waals surface area (Å²) in [6.45, 7) is 7.21. The second-order valence-electron chi connectivity index (χ2n) is 11.2. The minimum Gasteiger partial charge on any atom is -0.384 e. The van der Waals surface area contributed by atoms with Crippen LogP contribution < -0.4 is 10.6 Å². The maximum Gasteiger partial charge on any atom is 0.251 e. The van der Waals surface area contributed by atoms with Crippen LogP contribution in [0.2, 0.25) is 0 Å². The van der Waals surface area contributed by atoms with Gasteiger partial charge in [-0.25, -0.2) is 4.39 Å². The van der Waals surface area contributed by atoms with Crippen molar-refractivity contribution < 1.29 is 18.7 Å². The SMILES string of the molecule is COCC(C)(C)c1c(-c2ccc(C(=O)N[C@@H]3C(=O)N[C@H]3C)cc2)c2cc3c(cc2n1-c1ccc(F)cc1)C=NC3. The van der Waals surface area contributed by atoms with Gasteiger partial charge < -0.3 is 19.9 Å². The molecule has 2 amide bonds. The number of benzene rings is 3. The van der Waals surface area contributed by atoms with Crippen molar-refractivity contribution in [2.45, 2.75) is 44.8 Å². The van der Waals surface area contributed by atoms with E-state index in [2.05, 4.69) is 46.2 Å². The van der Waals surface area contributed by atoms with E-state index < -0.39 is 11.5 Å². The van der Waals surface area contributed by atoms with E-state index in [-0.39, 0.29) is 23.7 Å². The molecule has 0 bridgehead atoms. The van der Waals surface area contributed by atoms with E-state index in [1.807, 2.05) is 25.3 Å². The van der Waals surface area contributed by atoms with Gasteiger partial charge in [0.25, 0.3) is 5.91 Å². The van der Waals surface area contributed by atoms with Crippen LogP contribution in [0.1, 0.15) is 48.0 Å². The van der Waals surface area contributed by atoms with Gasteiger partial charge in [-0.1, -0.05) is 26.0 Å². The number of halogens is 1. The van der Waals surface area contributed by atoms with Crippen molar-refractivity contribution in [1.82, 2.24) is 15.2 Å². The number of methoxy groups -OCH3 is 1. The van der Waals surface area contributed by atoms with Crippen molar-refractivity contribution in [1.29, 1.82) is 0 Å². The van der Waals surface area contributed by atoms with E-state index >= 15 is 0 Å². The summed E-state index contributed by atoms with van der Waals surface area (Å²) in [4.78, 5) is 29.2. The van der Waals surface area contributed by atoms with Crippen LogP contribution in [-0.4, -0.2) is 48.4 Å². The average molecular weight is 539 g/mol. The molecule has 40 heavy (non-hydrogen) atoms. The number of nitrogens with one attached hydrogen (secondary N) is 2. The van der Waals surface area contributed by atoms with Gasteiger partial charge in [0.05, 0.1) is 24.7 Å². The Morgan fingerprint density at radius 2 is 1.88 bits per heavy atom. The van der Waals surface area contributed by atoms with Gasteiger partial charge in [-0.2, -0.15) is 0 Å². The number of aliphatic imine (C=N–C) groups is 1. The monoisotopic (exact) mass is 538 g/mol. The molecule has 2 aliphatic heterocycles. The molecule has 0 aliphatic carbocycles. The zero-order valence-electron chi connectivity index (χ0n) is 22.9. The summed E-state index contributed by atoms with van der Waals surface area (Å²) in [5, 5.41) is 6.59. The van der Waals surface area contributed by atoms with Crippen LogP contribution in [-0.2, 0) is 21.5 Å². The van der Waals surface area contributed by atoms with Gasteiger partial charge in [0.1, 0.15) is 11.9 Å². The van der Waals surface area contributed by atoms with E-state index in [9.17, 15) is 14.0 Å². The molecular weight excluding hydrogens is 507 g/mol. The topological polar surface area (TPSA) is 84.7 Å². The summed E-state index contributed by atoms with van der Waals surface area (Å²) >= 11 is 0. The summed E-state index contributed by atoms with van der Waals surface area (Å²) in [7, 11) is 1.69. The van der Waals surface area contributed by atoms with E-state index in [0.29, 0.717) is 18.7 Å². The van der Waals surface area contributed by atoms with Gasteiger partial charge in [0.2, 0.25) is 5.91 Å². The Balaban J connectivity index is 1.54. The van der Waals surface area contributed by atoms with E-state index in [0.717, 1.165) is 44.5 Å². The molecule has 2 atom stereocenters. The highest BCUT2D eigenvalue weighted by Gasteiger charge is 2.37. The number of ether oxygens (including phenoxy) is 1. The predicted octanol–water partition coefficient (Wildman–Crippen LogP) is 4.91. The number of carbonyl (C=O) groups is 2. The molecule has 2 aliphatic rings.